The molecular weight excluding hydrogens is 386 g/mol. The smallest absolute Gasteiger partial charge is 0.252 e. The van der Waals surface area contributed by atoms with Crippen molar-refractivity contribution in [2.24, 2.45) is 0 Å². The Labute approximate surface area is 163 Å². The number of hydrogen-bond donors (Lipinski definition) is 4. The van der Waals surface area contributed by atoms with Gasteiger partial charge >= 0.3 is 0 Å². The molecule has 11 nitrogen and oxygen atoms in total. The van der Waals surface area contributed by atoms with Crippen LogP contribution in [0, 0.1) is 0 Å². The molecule has 148 valence electrons. The van der Waals surface area contributed by atoms with Crippen LogP contribution in [0.3, 0.4) is 0 Å². The van der Waals surface area contributed by atoms with Crippen LogP contribution in [0.15, 0.2) is 18.0 Å². The molecule has 0 aliphatic carbocycles. The molecule has 0 aromatic carbocycles. The Kier molecular flexibility index (Phi) is 4.93. The van der Waals surface area contributed by atoms with E-state index in [-0.39, 0.29) is 0 Å². The summed E-state index contributed by atoms with van der Waals surface area (Å²) in [6.45, 7) is 2.14. The van der Waals surface area contributed by atoms with Crippen LogP contribution in [-0.2, 0) is 9.53 Å². The van der Waals surface area contributed by atoms with Crippen LogP contribution >= 0.6 is 11.3 Å². The van der Waals surface area contributed by atoms with Gasteiger partial charge in [-0.2, -0.15) is 0 Å². The van der Waals surface area contributed by atoms with E-state index in [1.165, 1.54) is 22.2 Å². The summed E-state index contributed by atoms with van der Waals surface area (Å²) in [6.07, 6.45) is -1.82. The van der Waals surface area contributed by atoms with Gasteiger partial charge in [-0.05, 0) is 6.92 Å². The molecule has 0 saturated carbocycles. The average molecular weight is 405 g/mol. The summed E-state index contributed by atoms with van der Waals surface area (Å²) in [5.41, 5.74) is 2.55. The minimum Gasteiger partial charge on any atom is -0.387 e. The normalized spacial score (nSPS) is 24.6. The summed E-state index contributed by atoms with van der Waals surface area (Å²) >= 11 is 1.39. The average Bonchev–Trinajstić information content (AvgIpc) is 3.42. The highest BCUT2D eigenvalue weighted by molar-refractivity contribution is 7.13. The third-order valence-electron chi connectivity index (χ3n) is 4.43. The SMILES string of the molecule is CCNC(=O)[C@H]1O[C@@H](n2cnc3c(NC)nc(-c4cncs4)nc32)[C@H](O)[C@@H]1O. The van der Waals surface area contributed by atoms with Crippen molar-refractivity contribution in [3.63, 3.8) is 0 Å². The monoisotopic (exact) mass is 405 g/mol. The van der Waals surface area contributed by atoms with Crippen molar-refractivity contribution in [3.05, 3.63) is 18.0 Å². The molecule has 4 atom stereocenters. The van der Waals surface area contributed by atoms with E-state index in [2.05, 4.69) is 30.6 Å². The number of fused-ring (bicyclic) bond motifs is 1. The first kappa shape index (κ1) is 18.7. The second-order valence-corrected chi connectivity index (χ2v) is 7.04. The largest absolute Gasteiger partial charge is 0.387 e. The molecule has 4 N–H and O–H groups in total. The molecule has 4 heterocycles. The van der Waals surface area contributed by atoms with Gasteiger partial charge in [0.25, 0.3) is 5.91 Å². The number of aromatic nitrogens is 5. The van der Waals surface area contributed by atoms with Crippen LogP contribution in [0.25, 0.3) is 21.9 Å². The van der Waals surface area contributed by atoms with Gasteiger partial charge < -0.3 is 25.6 Å². The molecule has 0 bridgehead atoms. The topological polar surface area (TPSA) is 147 Å². The number of hydrogen-bond acceptors (Lipinski definition) is 10. The van der Waals surface area contributed by atoms with Gasteiger partial charge in [-0.3, -0.25) is 14.3 Å². The molecule has 28 heavy (non-hydrogen) atoms. The first-order chi connectivity index (χ1) is 13.5. The zero-order valence-electron chi connectivity index (χ0n) is 15.1. The lowest BCUT2D eigenvalue weighted by Gasteiger charge is -2.16. The Balaban J connectivity index is 1.77. The molecule has 1 aliphatic rings. The highest BCUT2D eigenvalue weighted by Crippen LogP contribution is 2.33. The minimum absolute atomic E-state index is 0.386. The lowest BCUT2D eigenvalue weighted by Crippen LogP contribution is -2.42. The van der Waals surface area contributed by atoms with Gasteiger partial charge in [-0.25, -0.2) is 15.0 Å². The van der Waals surface area contributed by atoms with Crippen molar-refractivity contribution < 1.29 is 19.7 Å². The van der Waals surface area contributed by atoms with Crippen molar-refractivity contribution in [2.75, 3.05) is 18.9 Å². The number of nitrogens with one attached hydrogen (secondary N) is 2. The maximum absolute atomic E-state index is 12.1. The van der Waals surface area contributed by atoms with E-state index in [1.54, 1.807) is 25.7 Å². The Morgan fingerprint density at radius 1 is 1.36 bits per heavy atom. The summed E-state index contributed by atoms with van der Waals surface area (Å²) in [7, 11) is 1.72. The van der Waals surface area contributed by atoms with Gasteiger partial charge in [0, 0.05) is 19.8 Å². The van der Waals surface area contributed by atoms with E-state index in [0.29, 0.717) is 29.4 Å². The molecule has 1 aliphatic heterocycles. The summed E-state index contributed by atoms with van der Waals surface area (Å²) < 4.78 is 7.17. The predicted octanol–water partition coefficient (Wildman–Crippen LogP) is -0.253. The number of thiazole rings is 1. The molecule has 12 heteroatoms. The van der Waals surface area contributed by atoms with Gasteiger partial charge in [0.15, 0.2) is 35.1 Å². The van der Waals surface area contributed by atoms with Crippen molar-refractivity contribution in [1.82, 2.24) is 29.8 Å². The Hall–Kier alpha value is -2.67. The van der Waals surface area contributed by atoms with Crippen molar-refractivity contribution in [3.8, 4) is 10.7 Å². The molecular formula is C16H19N7O4S. The van der Waals surface area contributed by atoms with Gasteiger partial charge in [-0.15, -0.1) is 11.3 Å². The van der Waals surface area contributed by atoms with Crippen molar-refractivity contribution in [1.29, 1.82) is 0 Å². The standard InChI is InChI=1S/C16H19N7O4S/c1-3-19-15(26)11-9(24)10(25)16(27-11)23-5-20-8-13(17-2)21-12(22-14(8)23)7-4-18-6-28-7/h4-6,9-11,16,24-25H,3H2,1-2H3,(H,19,26)(H,17,21,22)/t9-,10+,11-,16+/m0/s1. The highest BCUT2D eigenvalue weighted by Gasteiger charge is 2.47. The molecule has 3 aromatic heterocycles. The number of likely N-dealkylation sites (N-methyl/N-ethyl adjacent to an activating group) is 1. The molecule has 3 aromatic rings. The fourth-order valence-corrected chi connectivity index (χ4v) is 3.65. The Morgan fingerprint density at radius 3 is 2.86 bits per heavy atom. The maximum atomic E-state index is 12.1. The van der Waals surface area contributed by atoms with E-state index in [9.17, 15) is 15.0 Å². The number of aliphatic hydroxyl groups is 2. The molecule has 0 unspecified atom stereocenters. The lowest BCUT2D eigenvalue weighted by atomic mass is 10.1. The van der Waals surface area contributed by atoms with Crippen molar-refractivity contribution in [2.45, 2.75) is 31.5 Å². The summed E-state index contributed by atoms with van der Waals surface area (Å²) in [6, 6.07) is 0. The number of carbonyl (C=O) groups is 1. The zero-order valence-corrected chi connectivity index (χ0v) is 15.9. The fraction of sp³-hybridized carbons (Fsp3) is 0.438. The van der Waals surface area contributed by atoms with E-state index < -0.39 is 30.4 Å². The maximum Gasteiger partial charge on any atom is 0.252 e. The first-order valence-corrected chi connectivity index (χ1v) is 9.53. The number of imidazole rings is 1. The molecule has 1 saturated heterocycles. The van der Waals surface area contributed by atoms with Crippen LogP contribution in [0.2, 0.25) is 0 Å². The van der Waals surface area contributed by atoms with Crippen LogP contribution in [0.1, 0.15) is 13.2 Å². The highest BCUT2D eigenvalue weighted by atomic mass is 32.1. The quantitative estimate of drug-likeness (QED) is 0.451. The van der Waals surface area contributed by atoms with E-state index in [4.69, 9.17) is 4.74 Å². The fourth-order valence-electron chi connectivity index (χ4n) is 3.09. The van der Waals surface area contributed by atoms with Gasteiger partial charge in [0.05, 0.1) is 16.7 Å². The molecule has 0 spiro atoms. The van der Waals surface area contributed by atoms with Crippen LogP contribution in [-0.4, -0.2) is 72.5 Å². The summed E-state index contributed by atoms with van der Waals surface area (Å²) in [5, 5.41) is 26.3. The third kappa shape index (κ3) is 2.99. The lowest BCUT2D eigenvalue weighted by molar-refractivity contribution is -0.137. The minimum atomic E-state index is -1.37. The number of rotatable bonds is 5. The number of amides is 1. The Bertz CT molecular complexity index is 992. The number of anilines is 1. The molecule has 1 amide bonds. The molecule has 4 rings (SSSR count). The van der Waals surface area contributed by atoms with Gasteiger partial charge in [0.2, 0.25) is 0 Å². The van der Waals surface area contributed by atoms with Gasteiger partial charge in [-0.1, -0.05) is 0 Å². The number of aliphatic hydroxyl groups excluding tert-OH is 2. The number of carbonyl (C=O) groups excluding carboxylic acids is 1. The Morgan fingerprint density at radius 2 is 2.18 bits per heavy atom. The zero-order chi connectivity index (χ0) is 19.8. The van der Waals surface area contributed by atoms with Crippen molar-refractivity contribution >= 4 is 34.2 Å². The third-order valence-corrected chi connectivity index (χ3v) is 5.20. The number of ether oxygens (including phenoxy) is 1. The predicted molar refractivity (Wildman–Crippen MR) is 101 cm³/mol. The second-order valence-electron chi connectivity index (χ2n) is 6.16. The van der Waals surface area contributed by atoms with E-state index >= 15 is 0 Å². The second kappa shape index (κ2) is 7.39. The summed E-state index contributed by atoms with van der Waals surface area (Å²) in [5.74, 6) is 0.451. The van der Waals surface area contributed by atoms with Crippen LogP contribution < -0.4 is 10.6 Å². The van der Waals surface area contributed by atoms with E-state index in [1.807, 2.05) is 0 Å². The summed E-state index contributed by atoms with van der Waals surface area (Å²) in [4.78, 5) is 30.2. The van der Waals surface area contributed by atoms with Gasteiger partial charge in [0.1, 0.15) is 12.2 Å². The van der Waals surface area contributed by atoms with Crippen LogP contribution in [0.5, 0.6) is 0 Å². The first-order valence-electron chi connectivity index (χ1n) is 8.65. The molecule has 0 radical (unpaired) electrons. The molecule has 1 fully saturated rings. The van der Waals surface area contributed by atoms with Crippen LogP contribution in [0.4, 0.5) is 5.82 Å². The number of nitrogens with zero attached hydrogens (tertiary/aromatic N) is 5. The van der Waals surface area contributed by atoms with E-state index in [0.717, 1.165) is 4.88 Å².